The molecule has 1 saturated carbocycles. The number of benzene rings is 1. The van der Waals surface area contributed by atoms with Crippen molar-refractivity contribution in [3.05, 3.63) is 76.2 Å². The average Bonchev–Trinajstić information content (AvgIpc) is 3.62. The Morgan fingerprint density at radius 1 is 1.17 bits per heavy atom. The molecule has 1 fully saturated rings. The summed E-state index contributed by atoms with van der Waals surface area (Å²) in [5.41, 5.74) is 2.94. The Morgan fingerprint density at radius 2 is 1.96 bits per heavy atom. The summed E-state index contributed by atoms with van der Waals surface area (Å²) < 4.78 is 63.5. The van der Waals surface area contributed by atoms with Gasteiger partial charge in [0.25, 0.3) is 0 Å². The monoisotopic (exact) mass is 656 g/mol. The van der Waals surface area contributed by atoms with Crippen LogP contribution in [0.4, 0.5) is 19.0 Å². The molecule has 0 radical (unpaired) electrons. The van der Waals surface area contributed by atoms with Gasteiger partial charge in [0.1, 0.15) is 27.3 Å². The Balaban J connectivity index is 1.33. The number of aliphatic carboxylic acids is 1. The van der Waals surface area contributed by atoms with E-state index >= 15 is 0 Å². The predicted molar refractivity (Wildman–Crippen MR) is 165 cm³/mol. The highest BCUT2D eigenvalue weighted by Gasteiger charge is 2.50. The molecule has 2 atom stereocenters. The summed E-state index contributed by atoms with van der Waals surface area (Å²) in [4.78, 5) is 17.2. The number of aromatic nitrogens is 4. The number of hydrogen-bond donors (Lipinski definition) is 2. The highest BCUT2D eigenvalue weighted by atomic mass is 32.2. The van der Waals surface area contributed by atoms with Gasteiger partial charge in [-0.3, -0.25) is 9.20 Å². The average molecular weight is 657 g/mol. The Hall–Kier alpha value is -4.04. The summed E-state index contributed by atoms with van der Waals surface area (Å²) in [6.45, 7) is 7.19. The number of hydrogen-bond acceptors (Lipinski definition) is 7. The van der Waals surface area contributed by atoms with E-state index in [9.17, 15) is 27.3 Å². The van der Waals surface area contributed by atoms with Gasteiger partial charge >= 0.3 is 12.1 Å². The van der Waals surface area contributed by atoms with Gasteiger partial charge in [0.2, 0.25) is 11.7 Å². The van der Waals surface area contributed by atoms with Gasteiger partial charge < -0.3 is 15.2 Å². The van der Waals surface area contributed by atoms with E-state index in [4.69, 9.17) is 4.74 Å². The lowest BCUT2D eigenvalue weighted by Gasteiger charge is -2.24. The number of ether oxygens (including phenoxy) is 1. The summed E-state index contributed by atoms with van der Waals surface area (Å²) in [5, 5.41) is 20.3. The topological polar surface area (TPSA) is 122 Å². The quantitative estimate of drug-likeness (QED) is 0.199. The molecule has 1 aromatic carbocycles. The minimum atomic E-state index is -4.69. The number of rotatable bonds is 10. The molecule has 0 saturated heterocycles. The van der Waals surface area contributed by atoms with Gasteiger partial charge in [0, 0.05) is 25.2 Å². The van der Waals surface area contributed by atoms with E-state index in [1.54, 1.807) is 13.0 Å². The summed E-state index contributed by atoms with van der Waals surface area (Å²) in [6.07, 6.45) is -0.0703. The molecule has 4 heterocycles. The third kappa shape index (κ3) is 6.32. The van der Waals surface area contributed by atoms with E-state index < -0.39 is 40.5 Å². The van der Waals surface area contributed by atoms with Gasteiger partial charge in [-0.1, -0.05) is 31.5 Å². The van der Waals surface area contributed by atoms with Crippen molar-refractivity contribution in [1.29, 1.82) is 0 Å². The molecule has 14 heteroatoms. The first-order chi connectivity index (χ1) is 21.9. The fraction of sp³-hybridized carbons (Fsp3) is 0.438. The van der Waals surface area contributed by atoms with Crippen LogP contribution in [-0.2, 0) is 28.5 Å². The number of carbonyl (C=O) groups is 1. The van der Waals surface area contributed by atoms with E-state index in [1.807, 2.05) is 35.5 Å². The molecule has 244 valence electrons. The van der Waals surface area contributed by atoms with Gasteiger partial charge in [0.05, 0.1) is 13.0 Å². The number of aryl methyl sites for hydroxylation is 2. The van der Waals surface area contributed by atoms with Crippen LogP contribution in [0.3, 0.4) is 0 Å². The van der Waals surface area contributed by atoms with Crippen LogP contribution in [0.1, 0.15) is 78.6 Å². The molecule has 2 unspecified atom stereocenters. The maximum atomic E-state index is 14.0. The van der Waals surface area contributed by atoms with Crippen LogP contribution in [-0.4, -0.2) is 57.9 Å². The zero-order valence-electron chi connectivity index (χ0n) is 25.7. The highest BCUT2D eigenvalue weighted by Crippen LogP contribution is 2.45. The number of unbranched alkanes of at least 4 members (excludes halogenated alkanes) is 1. The van der Waals surface area contributed by atoms with Crippen LogP contribution >= 0.6 is 0 Å². The molecule has 1 aliphatic heterocycles. The van der Waals surface area contributed by atoms with Gasteiger partial charge in [-0.25, -0.2) is 8.51 Å². The minimum absolute atomic E-state index is 0.0123. The molecule has 0 bridgehead atoms. The van der Waals surface area contributed by atoms with Gasteiger partial charge in [-0.05, 0) is 79.1 Å². The van der Waals surface area contributed by atoms with E-state index in [2.05, 4.69) is 27.4 Å². The maximum absolute atomic E-state index is 14.0. The van der Waals surface area contributed by atoms with Crippen LogP contribution in [0, 0.1) is 13.8 Å². The fourth-order valence-electron chi connectivity index (χ4n) is 5.91. The third-order valence-corrected chi connectivity index (χ3v) is 10.1. The van der Waals surface area contributed by atoms with Crippen molar-refractivity contribution in [3.8, 4) is 5.88 Å². The minimum Gasteiger partial charge on any atom is -0.481 e. The van der Waals surface area contributed by atoms with Crippen molar-refractivity contribution in [2.24, 2.45) is 0 Å². The summed E-state index contributed by atoms with van der Waals surface area (Å²) >= 11 is 0. The first-order valence-corrected chi connectivity index (χ1v) is 16.3. The number of anilines is 1. The molecule has 10 nitrogen and oxygen atoms in total. The molecule has 3 aromatic heterocycles. The van der Waals surface area contributed by atoms with Gasteiger partial charge in [0.15, 0.2) is 5.65 Å². The van der Waals surface area contributed by atoms with E-state index in [0.29, 0.717) is 46.4 Å². The number of nitrogens with one attached hydrogen (secondary N) is 1. The van der Waals surface area contributed by atoms with E-state index in [0.717, 1.165) is 47.8 Å². The Kier molecular flexibility index (Phi) is 8.53. The summed E-state index contributed by atoms with van der Waals surface area (Å²) in [7, 11) is -1.57. The first-order valence-electron chi connectivity index (χ1n) is 15.2. The van der Waals surface area contributed by atoms with E-state index in [1.165, 1.54) is 12.3 Å². The van der Waals surface area contributed by atoms with Crippen LogP contribution < -0.4 is 10.1 Å². The summed E-state index contributed by atoms with van der Waals surface area (Å²) in [6, 6.07) is 10.7. The SMILES string of the molecule is CCCCNc1ccc2c(n1)OC1(CC1)CN(Cc1cc(C(CC(=O)O)c3ccn4c(C(F)(F)F)nnc4c3C)ccc1C)S2=O. The molecular weight excluding hydrogens is 621 g/mol. The van der Waals surface area contributed by atoms with Crippen LogP contribution in [0.2, 0.25) is 0 Å². The van der Waals surface area contributed by atoms with Crippen molar-refractivity contribution in [1.82, 2.24) is 23.9 Å². The number of halogens is 3. The maximum Gasteiger partial charge on any atom is 0.452 e. The normalized spacial score (nSPS) is 18.2. The lowest BCUT2D eigenvalue weighted by Crippen LogP contribution is -2.35. The number of pyridine rings is 2. The van der Waals surface area contributed by atoms with Crippen molar-refractivity contribution in [3.63, 3.8) is 0 Å². The second kappa shape index (κ2) is 12.3. The predicted octanol–water partition coefficient (Wildman–Crippen LogP) is 6.03. The zero-order chi connectivity index (χ0) is 32.8. The molecule has 2 N–H and O–H groups in total. The largest absolute Gasteiger partial charge is 0.481 e. The standard InChI is InChI=1S/C32H35F3N6O4S/c1-4-5-13-36-26-9-8-25-29(37-26)45-31(11-12-31)18-40(46(25)44)17-22-15-21(7-6-19(22)2)24(16-27(42)43)23-10-14-41-28(20(23)3)38-39-30(41)32(33,34)35/h6-10,14-15,24H,4-5,11-13,16-18H2,1-3H3,(H,36,37)(H,42,43). The number of fused-ring (bicyclic) bond motifs is 2. The number of carboxylic acids is 1. The Labute approximate surface area is 266 Å². The molecule has 2 aliphatic rings. The molecule has 0 amide bonds. The molecule has 1 aliphatic carbocycles. The first kappa shape index (κ1) is 31.9. The Morgan fingerprint density at radius 3 is 2.65 bits per heavy atom. The second-order valence-corrected chi connectivity index (χ2v) is 13.5. The van der Waals surface area contributed by atoms with Gasteiger partial charge in [-0.2, -0.15) is 18.2 Å². The van der Waals surface area contributed by atoms with Crippen molar-refractivity contribution in [2.45, 2.75) is 82.0 Å². The molecule has 4 aromatic rings. The second-order valence-electron chi connectivity index (χ2n) is 12.1. The van der Waals surface area contributed by atoms with Crippen molar-refractivity contribution < 1.29 is 32.0 Å². The molecular formula is C32H35F3N6O4S. The number of carboxylic acid groups (broad SMARTS) is 1. The van der Waals surface area contributed by atoms with Crippen LogP contribution in [0.5, 0.6) is 5.88 Å². The third-order valence-electron chi connectivity index (χ3n) is 8.67. The van der Waals surface area contributed by atoms with E-state index in [-0.39, 0.29) is 12.1 Å². The van der Waals surface area contributed by atoms with Crippen LogP contribution in [0.25, 0.3) is 5.65 Å². The number of alkyl halides is 3. The lowest BCUT2D eigenvalue weighted by atomic mass is 9.85. The fourth-order valence-corrected chi connectivity index (χ4v) is 7.22. The molecule has 1 spiro atoms. The smallest absolute Gasteiger partial charge is 0.452 e. The summed E-state index contributed by atoms with van der Waals surface area (Å²) in [5.74, 6) is -1.83. The van der Waals surface area contributed by atoms with Crippen molar-refractivity contribution in [2.75, 3.05) is 18.4 Å². The molecule has 6 rings (SSSR count). The number of nitrogens with zero attached hydrogens (tertiary/aromatic N) is 5. The molecule has 46 heavy (non-hydrogen) atoms. The highest BCUT2D eigenvalue weighted by molar-refractivity contribution is 7.82. The van der Waals surface area contributed by atoms with Gasteiger partial charge in [-0.15, -0.1) is 10.2 Å². The Bertz CT molecular complexity index is 1820. The zero-order valence-corrected chi connectivity index (χ0v) is 26.5. The van der Waals surface area contributed by atoms with Crippen LogP contribution in [0.15, 0.2) is 47.5 Å². The lowest BCUT2D eigenvalue weighted by molar-refractivity contribution is -0.145. The van der Waals surface area contributed by atoms with Crippen molar-refractivity contribution >= 4 is 28.4 Å².